The van der Waals surface area contributed by atoms with Crippen LogP contribution in [0.15, 0.2) is 30.9 Å². The van der Waals surface area contributed by atoms with Crippen molar-refractivity contribution in [3.8, 4) is 0 Å². The highest BCUT2D eigenvalue weighted by molar-refractivity contribution is 5.99. The van der Waals surface area contributed by atoms with Gasteiger partial charge >= 0.3 is 0 Å². The third-order valence-electron chi connectivity index (χ3n) is 2.43. The molecule has 0 saturated carbocycles. The van der Waals surface area contributed by atoms with E-state index in [1.165, 1.54) is 6.20 Å². The second kappa shape index (κ2) is 5.28. The van der Waals surface area contributed by atoms with E-state index < -0.39 is 0 Å². The number of hydrogen-bond donors (Lipinski definition) is 3. The quantitative estimate of drug-likeness (QED) is 0.522. The molecular weight excluding hydrogens is 232 g/mol. The Bertz CT molecular complexity index is 550. The maximum absolute atomic E-state index is 11.9. The van der Waals surface area contributed by atoms with Crippen LogP contribution in [0.4, 0.5) is 5.69 Å². The Balaban J connectivity index is 2.03. The van der Waals surface area contributed by atoms with E-state index in [1.807, 2.05) is 13.2 Å². The fourth-order valence-electron chi connectivity index (χ4n) is 1.55. The first kappa shape index (κ1) is 12.1. The summed E-state index contributed by atoms with van der Waals surface area (Å²) in [5.41, 5.74) is 4.31. The largest absolute Gasteiger partial charge is 0.348 e. The Morgan fingerprint density at radius 1 is 1.50 bits per heavy atom. The highest BCUT2D eigenvalue weighted by Gasteiger charge is 2.10. The van der Waals surface area contributed by atoms with E-state index in [4.69, 9.17) is 5.84 Å². The molecule has 7 nitrogen and oxygen atoms in total. The van der Waals surface area contributed by atoms with Crippen molar-refractivity contribution in [1.82, 2.24) is 20.1 Å². The molecular formula is C11H14N6O. The summed E-state index contributed by atoms with van der Waals surface area (Å²) >= 11 is 0. The number of hydrogen-bond acceptors (Lipinski definition) is 5. The smallest absolute Gasteiger partial charge is 0.253 e. The number of amides is 1. The molecule has 94 valence electrons. The van der Waals surface area contributed by atoms with Crippen molar-refractivity contribution in [2.45, 2.75) is 6.54 Å². The van der Waals surface area contributed by atoms with Gasteiger partial charge in [-0.05, 0) is 6.07 Å². The van der Waals surface area contributed by atoms with Crippen LogP contribution in [0, 0.1) is 0 Å². The van der Waals surface area contributed by atoms with E-state index in [1.54, 1.807) is 23.1 Å². The molecule has 2 aromatic heterocycles. The van der Waals surface area contributed by atoms with Crippen molar-refractivity contribution in [3.05, 3.63) is 42.0 Å². The third-order valence-corrected chi connectivity index (χ3v) is 2.43. The summed E-state index contributed by atoms with van der Waals surface area (Å²) in [6.45, 7) is 0.416. The number of nitrogens with two attached hydrogens (primary N) is 1. The lowest BCUT2D eigenvalue weighted by Crippen LogP contribution is -2.24. The number of nitrogens with one attached hydrogen (secondary N) is 2. The molecule has 0 spiro atoms. The van der Waals surface area contributed by atoms with Crippen molar-refractivity contribution in [2.75, 3.05) is 5.43 Å². The normalized spacial score (nSPS) is 10.1. The minimum Gasteiger partial charge on any atom is -0.348 e. The van der Waals surface area contributed by atoms with Gasteiger partial charge in [-0.2, -0.15) is 5.10 Å². The molecule has 0 aliphatic carbocycles. The van der Waals surface area contributed by atoms with Gasteiger partial charge in [-0.3, -0.25) is 20.3 Å². The Kier molecular flexibility index (Phi) is 3.54. The highest BCUT2D eigenvalue weighted by Crippen LogP contribution is 2.11. The van der Waals surface area contributed by atoms with Crippen LogP contribution in [0.3, 0.4) is 0 Å². The van der Waals surface area contributed by atoms with Crippen LogP contribution >= 0.6 is 0 Å². The van der Waals surface area contributed by atoms with Gasteiger partial charge in [-0.15, -0.1) is 0 Å². The van der Waals surface area contributed by atoms with Gasteiger partial charge in [0.05, 0.1) is 23.6 Å². The molecule has 0 fully saturated rings. The fraction of sp³-hybridized carbons (Fsp3) is 0.182. The number of carbonyl (C=O) groups excluding carboxylic acids is 1. The summed E-state index contributed by atoms with van der Waals surface area (Å²) in [7, 11) is 1.82. The number of rotatable bonds is 4. The minimum absolute atomic E-state index is 0.214. The molecule has 18 heavy (non-hydrogen) atoms. The number of nitrogens with zero attached hydrogens (tertiary/aromatic N) is 3. The van der Waals surface area contributed by atoms with E-state index >= 15 is 0 Å². The van der Waals surface area contributed by atoms with Crippen LogP contribution in [0.25, 0.3) is 0 Å². The summed E-state index contributed by atoms with van der Waals surface area (Å²) in [5, 5.41) is 6.81. The number of anilines is 1. The number of carbonyl (C=O) groups is 1. The molecule has 2 rings (SSSR count). The van der Waals surface area contributed by atoms with E-state index in [-0.39, 0.29) is 5.91 Å². The summed E-state index contributed by atoms with van der Waals surface area (Å²) in [6.07, 6.45) is 6.59. The van der Waals surface area contributed by atoms with E-state index in [0.717, 1.165) is 5.56 Å². The molecule has 4 N–H and O–H groups in total. The maximum Gasteiger partial charge on any atom is 0.253 e. The van der Waals surface area contributed by atoms with Gasteiger partial charge in [0.1, 0.15) is 0 Å². The lowest BCUT2D eigenvalue weighted by Gasteiger charge is -2.08. The molecule has 0 saturated heterocycles. The van der Waals surface area contributed by atoms with Crippen molar-refractivity contribution in [1.29, 1.82) is 0 Å². The molecule has 7 heteroatoms. The van der Waals surface area contributed by atoms with E-state index in [2.05, 4.69) is 20.8 Å². The summed E-state index contributed by atoms with van der Waals surface area (Å²) in [6, 6.07) is 1.60. The summed E-state index contributed by atoms with van der Waals surface area (Å²) in [5.74, 6) is 5.10. The van der Waals surface area contributed by atoms with Gasteiger partial charge in [-0.1, -0.05) is 0 Å². The lowest BCUT2D eigenvalue weighted by molar-refractivity contribution is 0.0951. The molecule has 2 aromatic rings. The first-order valence-corrected chi connectivity index (χ1v) is 5.37. The number of aromatic nitrogens is 3. The Labute approximate surface area is 104 Å². The zero-order valence-electron chi connectivity index (χ0n) is 9.92. The van der Waals surface area contributed by atoms with Gasteiger partial charge < -0.3 is 10.7 Å². The van der Waals surface area contributed by atoms with Crippen molar-refractivity contribution < 1.29 is 4.79 Å². The predicted octanol–water partition coefficient (Wildman–Crippen LogP) is 0.0307. The van der Waals surface area contributed by atoms with Crippen LogP contribution in [0.5, 0.6) is 0 Å². The Morgan fingerprint density at radius 2 is 2.33 bits per heavy atom. The number of nitrogen functional groups attached to an aromatic ring is 1. The standard InChI is InChI=1S/C11H14N6O/c1-17-7-8(5-15-17)4-14-11(18)9-2-3-13-6-10(9)16-12/h2-3,5-7,16H,4,12H2,1H3,(H,14,18). The van der Waals surface area contributed by atoms with Crippen LogP contribution in [0.2, 0.25) is 0 Å². The summed E-state index contributed by atoms with van der Waals surface area (Å²) in [4.78, 5) is 15.8. The number of aryl methyl sites for hydroxylation is 1. The molecule has 0 aliphatic rings. The van der Waals surface area contributed by atoms with Crippen molar-refractivity contribution in [3.63, 3.8) is 0 Å². The van der Waals surface area contributed by atoms with Gasteiger partial charge in [-0.25, -0.2) is 0 Å². The SMILES string of the molecule is Cn1cc(CNC(=O)c2ccncc2NN)cn1. The fourth-order valence-corrected chi connectivity index (χ4v) is 1.55. The van der Waals surface area contributed by atoms with Crippen molar-refractivity contribution >= 4 is 11.6 Å². The molecule has 0 bridgehead atoms. The zero-order chi connectivity index (χ0) is 13.0. The second-order valence-corrected chi connectivity index (χ2v) is 3.77. The molecule has 0 unspecified atom stereocenters. The predicted molar refractivity (Wildman–Crippen MR) is 66.4 cm³/mol. The number of pyridine rings is 1. The van der Waals surface area contributed by atoms with Gasteiger partial charge in [0.25, 0.3) is 5.91 Å². The second-order valence-electron chi connectivity index (χ2n) is 3.77. The Hall–Kier alpha value is -2.41. The molecule has 1 amide bonds. The molecule has 0 aliphatic heterocycles. The Morgan fingerprint density at radius 3 is 3.00 bits per heavy atom. The minimum atomic E-state index is -0.214. The summed E-state index contributed by atoms with van der Waals surface area (Å²) < 4.78 is 1.68. The highest BCUT2D eigenvalue weighted by atomic mass is 16.1. The number of hydrazine groups is 1. The van der Waals surface area contributed by atoms with E-state index in [9.17, 15) is 4.79 Å². The maximum atomic E-state index is 11.9. The monoisotopic (exact) mass is 246 g/mol. The van der Waals surface area contributed by atoms with E-state index in [0.29, 0.717) is 17.8 Å². The topological polar surface area (TPSA) is 97.9 Å². The third kappa shape index (κ3) is 2.64. The van der Waals surface area contributed by atoms with Crippen LogP contribution < -0.4 is 16.6 Å². The average molecular weight is 246 g/mol. The van der Waals surface area contributed by atoms with Crippen LogP contribution in [0.1, 0.15) is 15.9 Å². The first-order valence-electron chi connectivity index (χ1n) is 5.37. The zero-order valence-corrected chi connectivity index (χ0v) is 9.92. The van der Waals surface area contributed by atoms with Crippen LogP contribution in [-0.2, 0) is 13.6 Å². The molecule has 2 heterocycles. The molecule has 0 atom stereocenters. The van der Waals surface area contributed by atoms with Crippen LogP contribution in [-0.4, -0.2) is 20.7 Å². The first-order chi connectivity index (χ1) is 8.70. The van der Waals surface area contributed by atoms with Crippen molar-refractivity contribution in [2.24, 2.45) is 12.9 Å². The molecule has 0 radical (unpaired) electrons. The lowest BCUT2D eigenvalue weighted by atomic mass is 10.2. The average Bonchev–Trinajstić information content (AvgIpc) is 2.81. The molecule has 0 aromatic carbocycles. The van der Waals surface area contributed by atoms with Gasteiger partial charge in [0.2, 0.25) is 0 Å². The van der Waals surface area contributed by atoms with Gasteiger partial charge in [0.15, 0.2) is 0 Å². The van der Waals surface area contributed by atoms with Gasteiger partial charge in [0, 0.05) is 31.5 Å².